The molecule has 0 saturated heterocycles. The number of esters is 1. The number of H-pyrrole nitrogens is 1. The number of halogens is 1. The van der Waals surface area contributed by atoms with E-state index in [1.165, 1.54) is 0 Å². The zero-order chi connectivity index (χ0) is 20.5. The van der Waals surface area contributed by atoms with Gasteiger partial charge >= 0.3 is 5.97 Å². The van der Waals surface area contributed by atoms with E-state index >= 15 is 0 Å². The van der Waals surface area contributed by atoms with Crippen LogP contribution in [0, 0.1) is 13.8 Å². The van der Waals surface area contributed by atoms with Gasteiger partial charge in [0.2, 0.25) is 0 Å². The maximum absolute atomic E-state index is 14.3. The van der Waals surface area contributed by atoms with Crippen LogP contribution < -0.4 is 10.6 Å². The number of carbonyl (C=O) groups is 1. The third-order valence-electron chi connectivity index (χ3n) is 4.65. The summed E-state index contributed by atoms with van der Waals surface area (Å²) in [5.74, 6) is -0.575. The first-order chi connectivity index (χ1) is 13.3. The highest BCUT2D eigenvalue weighted by molar-refractivity contribution is 7.75. The van der Waals surface area contributed by atoms with Gasteiger partial charge in [-0.2, -0.15) is 0 Å². The van der Waals surface area contributed by atoms with Crippen LogP contribution in [0.4, 0.5) is 0 Å². The fourth-order valence-electron chi connectivity index (χ4n) is 3.17. The van der Waals surface area contributed by atoms with Gasteiger partial charge in [-0.25, -0.2) is 4.79 Å². The van der Waals surface area contributed by atoms with Gasteiger partial charge in [-0.05, 0) is 69.2 Å². The number of aromatic amines is 1. The first-order valence-electron chi connectivity index (χ1n) is 9.13. The lowest BCUT2D eigenvalue weighted by molar-refractivity contribution is 0.0522. The summed E-state index contributed by atoms with van der Waals surface area (Å²) in [6.07, 6.45) is 0. The molecule has 0 fully saturated rings. The van der Waals surface area contributed by atoms with Crippen LogP contribution in [-0.2, 0) is 13.8 Å². The van der Waals surface area contributed by atoms with Gasteiger partial charge in [0.15, 0.2) is 0 Å². The first kappa shape index (κ1) is 20.7. The van der Waals surface area contributed by atoms with Crippen molar-refractivity contribution in [1.29, 1.82) is 0 Å². The fraction of sp³-hybridized carbons (Fsp3) is 0.286. The monoisotopic (exact) mass is 419 g/mol. The average Bonchev–Trinajstić information content (AvgIpc) is 3.03. The molecule has 1 atom stereocenters. The summed E-state index contributed by atoms with van der Waals surface area (Å²) in [5, 5.41) is 1.90. The summed E-state index contributed by atoms with van der Waals surface area (Å²) in [5.41, 5.74) is 2.85. The molecule has 0 aliphatic heterocycles. The summed E-state index contributed by atoms with van der Waals surface area (Å²) in [6, 6.07) is 10.7. The van der Waals surface area contributed by atoms with Crippen molar-refractivity contribution in [2.75, 3.05) is 13.2 Å². The van der Waals surface area contributed by atoms with Gasteiger partial charge in [0.25, 0.3) is 7.37 Å². The van der Waals surface area contributed by atoms with Gasteiger partial charge < -0.3 is 14.2 Å². The van der Waals surface area contributed by atoms with Crippen molar-refractivity contribution in [3.05, 3.63) is 58.2 Å². The van der Waals surface area contributed by atoms with E-state index in [4.69, 9.17) is 20.9 Å². The normalized spacial score (nSPS) is 13.5. The number of hydrogen-bond donors (Lipinski definition) is 1. The van der Waals surface area contributed by atoms with Crippen LogP contribution in [0.25, 0.3) is 10.9 Å². The van der Waals surface area contributed by atoms with Gasteiger partial charge in [-0.15, -0.1) is 0 Å². The minimum Gasteiger partial charge on any atom is -0.461 e. The largest absolute Gasteiger partial charge is 0.461 e. The Bertz CT molecular complexity index is 1090. The van der Waals surface area contributed by atoms with Crippen molar-refractivity contribution < 1.29 is 18.6 Å². The Kier molecular flexibility index (Phi) is 5.99. The minimum atomic E-state index is -3.59. The van der Waals surface area contributed by atoms with Crippen LogP contribution in [0.2, 0.25) is 5.02 Å². The Balaban J connectivity index is 2.37. The molecule has 0 aliphatic rings. The molecule has 0 bridgehead atoms. The zero-order valence-electron chi connectivity index (χ0n) is 16.3. The lowest BCUT2D eigenvalue weighted by atomic mass is 10.1. The number of benzene rings is 2. The molecule has 148 valence electrons. The maximum Gasteiger partial charge on any atom is 0.355 e. The third-order valence-corrected chi connectivity index (χ3v) is 7.52. The second-order valence-corrected chi connectivity index (χ2v) is 9.26. The molecule has 3 rings (SSSR count). The van der Waals surface area contributed by atoms with E-state index in [0.717, 1.165) is 11.1 Å². The van der Waals surface area contributed by atoms with E-state index in [-0.39, 0.29) is 18.9 Å². The smallest absolute Gasteiger partial charge is 0.355 e. The number of hydrogen-bond acceptors (Lipinski definition) is 4. The summed E-state index contributed by atoms with van der Waals surface area (Å²) in [7, 11) is -3.59. The lowest BCUT2D eigenvalue weighted by Crippen LogP contribution is -2.24. The van der Waals surface area contributed by atoms with Crippen LogP contribution in [-0.4, -0.2) is 24.2 Å². The second kappa shape index (κ2) is 8.12. The van der Waals surface area contributed by atoms with Crippen molar-refractivity contribution in [1.82, 2.24) is 4.98 Å². The molecule has 0 spiro atoms. The van der Waals surface area contributed by atoms with Crippen molar-refractivity contribution >= 4 is 46.5 Å². The number of nitrogens with one attached hydrogen (secondary N) is 1. The molecule has 3 aromatic rings. The Morgan fingerprint density at radius 1 is 1.07 bits per heavy atom. The van der Waals surface area contributed by atoms with Gasteiger partial charge in [-0.1, -0.05) is 17.7 Å². The molecule has 0 amide bonds. The third kappa shape index (κ3) is 3.62. The Hall–Kier alpha value is -2.07. The molecule has 0 saturated carbocycles. The topological polar surface area (TPSA) is 68.4 Å². The van der Waals surface area contributed by atoms with Crippen LogP contribution >= 0.6 is 19.0 Å². The van der Waals surface area contributed by atoms with Gasteiger partial charge in [0.1, 0.15) is 5.69 Å². The van der Waals surface area contributed by atoms with Crippen LogP contribution in [0.5, 0.6) is 0 Å². The number of fused-ring (bicyclic) bond motifs is 1. The highest BCUT2D eigenvalue weighted by atomic mass is 35.5. The van der Waals surface area contributed by atoms with Gasteiger partial charge in [-0.3, -0.25) is 4.57 Å². The highest BCUT2D eigenvalue weighted by Crippen LogP contribution is 2.48. The lowest BCUT2D eigenvalue weighted by Gasteiger charge is -2.20. The molecular formula is C21H23ClNO4P. The highest BCUT2D eigenvalue weighted by Gasteiger charge is 2.37. The number of ether oxygens (including phenoxy) is 1. The SMILES string of the molecule is CCOC(=O)c1[nH]c2ccc(Cl)cc2c1P(=O)(OCC)c1ccc(C)c(C)c1. The molecule has 2 aromatic carbocycles. The number of rotatable bonds is 6. The summed E-state index contributed by atoms with van der Waals surface area (Å²) in [6.45, 7) is 7.87. The standard InChI is InChI=1S/C21H23ClNO4P/c1-5-26-21(24)19-20(17-12-15(22)8-10-18(17)23-19)28(25,27-6-2)16-9-7-13(3)14(4)11-16/h7-12,23H,5-6H2,1-4H3. The van der Waals surface area contributed by atoms with Crippen molar-refractivity contribution in [2.24, 2.45) is 0 Å². The summed E-state index contributed by atoms with van der Waals surface area (Å²) < 4.78 is 25.4. The molecule has 1 heterocycles. The maximum atomic E-state index is 14.3. The molecule has 7 heteroatoms. The predicted molar refractivity (Wildman–Crippen MR) is 114 cm³/mol. The second-order valence-electron chi connectivity index (χ2n) is 6.50. The molecule has 1 N–H and O–H groups in total. The Morgan fingerprint density at radius 3 is 2.46 bits per heavy atom. The Labute approximate surface area is 169 Å². The first-order valence-corrected chi connectivity index (χ1v) is 11.1. The van der Waals surface area contributed by atoms with Crippen molar-refractivity contribution in [2.45, 2.75) is 27.7 Å². The Morgan fingerprint density at radius 2 is 1.82 bits per heavy atom. The molecule has 0 radical (unpaired) electrons. The van der Waals surface area contributed by atoms with Gasteiger partial charge in [0, 0.05) is 21.2 Å². The molecule has 28 heavy (non-hydrogen) atoms. The predicted octanol–water partition coefficient (Wildman–Crippen LogP) is 4.88. The van der Waals surface area contributed by atoms with E-state index in [0.29, 0.717) is 26.5 Å². The molecular weight excluding hydrogens is 397 g/mol. The zero-order valence-corrected chi connectivity index (χ0v) is 18.0. The number of aryl methyl sites for hydroxylation is 2. The fourth-order valence-corrected chi connectivity index (χ4v) is 5.82. The van der Waals surface area contributed by atoms with Crippen molar-refractivity contribution in [3.8, 4) is 0 Å². The van der Waals surface area contributed by atoms with Crippen LogP contribution in [0.3, 0.4) is 0 Å². The van der Waals surface area contributed by atoms with E-state index in [9.17, 15) is 9.36 Å². The van der Waals surface area contributed by atoms with Gasteiger partial charge in [0.05, 0.1) is 18.5 Å². The van der Waals surface area contributed by atoms with E-state index in [1.54, 1.807) is 38.1 Å². The van der Waals surface area contributed by atoms with E-state index in [2.05, 4.69) is 4.98 Å². The van der Waals surface area contributed by atoms with Crippen LogP contribution in [0.1, 0.15) is 35.5 Å². The van der Waals surface area contributed by atoms with E-state index < -0.39 is 13.3 Å². The molecule has 1 aromatic heterocycles. The molecule has 1 unspecified atom stereocenters. The van der Waals surface area contributed by atoms with Crippen molar-refractivity contribution in [3.63, 3.8) is 0 Å². The average molecular weight is 420 g/mol. The molecule has 0 aliphatic carbocycles. The minimum absolute atomic E-state index is 0.133. The summed E-state index contributed by atoms with van der Waals surface area (Å²) >= 11 is 6.20. The quantitative estimate of drug-likeness (QED) is 0.456. The number of carbonyl (C=O) groups excluding carboxylic acids is 1. The molecule has 5 nitrogen and oxygen atoms in total. The van der Waals surface area contributed by atoms with E-state index in [1.807, 2.05) is 26.0 Å². The van der Waals surface area contributed by atoms with Crippen LogP contribution in [0.15, 0.2) is 36.4 Å². The summed E-state index contributed by atoms with van der Waals surface area (Å²) in [4.78, 5) is 15.7. The number of aromatic nitrogens is 1.